The summed E-state index contributed by atoms with van der Waals surface area (Å²) in [7, 11) is 1.60. The van der Waals surface area contributed by atoms with Gasteiger partial charge in [-0.2, -0.15) is 0 Å². The number of amides is 1. The smallest absolute Gasteiger partial charge is 0.257 e. The number of ether oxygens (including phenoxy) is 3. The number of aryl methyl sites for hydroxylation is 1. The van der Waals surface area contributed by atoms with Gasteiger partial charge >= 0.3 is 0 Å². The maximum absolute atomic E-state index is 12.6. The first kappa shape index (κ1) is 17.8. The van der Waals surface area contributed by atoms with E-state index in [1.54, 1.807) is 25.6 Å². The number of fused-ring (bicyclic) bond motifs is 1. The number of thiazole rings is 1. The van der Waals surface area contributed by atoms with Gasteiger partial charge in [0.05, 0.1) is 31.6 Å². The van der Waals surface area contributed by atoms with Crippen molar-refractivity contribution in [2.45, 2.75) is 13.0 Å². The van der Waals surface area contributed by atoms with Crippen LogP contribution in [-0.4, -0.2) is 42.8 Å². The van der Waals surface area contributed by atoms with Crippen molar-refractivity contribution in [3.05, 3.63) is 47.3 Å². The van der Waals surface area contributed by atoms with Crippen LogP contribution in [0.5, 0.6) is 5.75 Å². The monoisotopic (exact) mass is 385 g/mol. The summed E-state index contributed by atoms with van der Waals surface area (Å²) in [6.45, 7) is 3.51. The number of carbonyl (C=O) groups excluding carboxylic acids is 1. The van der Waals surface area contributed by atoms with Crippen LogP contribution in [0.3, 0.4) is 0 Å². The Morgan fingerprint density at radius 2 is 2.22 bits per heavy atom. The summed E-state index contributed by atoms with van der Waals surface area (Å²) in [5.41, 5.74) is 3.07. The van der Waals surface area contributed by atoms with Crippen LogP contribution in [0.4, 0.5) is 5.13 Å². The Morgan fingerprint density at radius 1 is 1.33 bits per heavy atom. The lowest BCUT2D eigenvalue weighted by Gasteiger charge is -2.23. The molecule has 0 radical (unpaired) electrons. The molecular formula is C19H19N3O4S. The van der Waals surface area contributed by atoms with E-state index in [0.717, 1.165) is 15.8 Å². The van der Waals surface area contributed by atoms with Gasteiger partial charge in [0.15, 0.2) is 5.13 Å². The van der Waals surface area contributed by atoms with Gasteiger partial charge < -0.3 is 14.2 Å². The molecule has 0 bridgehead atoms. The maximum atomic E-state index is 12.6. The standard InChI is InChI=1S/C19H19N3O4S/c1-11-9-20-6-5-12(11)18(23)22-19-21-16-14(24-2)4-3-13(17(16)27-19)15-10-25-7-8-26-15/h3-6,9,15H,7-8,10H2,1-2H3,(H,21,22,23). The number of anilines is 1. The Balaban J connectivity index is 1.70. The molecule has 1 aliphatic heterocycles. The zero-order valence-electron chi connectivity index (χ0n) is 15.0. The zero-order valence-corrected chi connectivity index (χ0v) is 15.8. The number of hydrogen-bond donors (Lipinski definition) is 1. The molecule has 1 unspecified atom stereocenters. The van der Waals surface area contributed by atoms with Crippen molar-refractivity contribution >= 4 is 32.6 Å². The predicted octanol–water partition coefficient (Wildman–Crippen LogP) is 3.35. The lowest BCUT2D eigenvalue weighted by atomic mass is 10.1. The first-order valence-corrected chi connectivity index (χ1v) is 9.37. The molecular weight excluding hydrogens is 366 g/mol. The third kappa shape index (κ3) is 3.51. The highest BCUT2D eigenvalue weighted by atomic mass is 32.1. The second-order valence-electron chi connectivity index (χ2n) is 6.13. The highest BCUT2D eigenvalue weighted by Gasteiger charge is 2.23. The maximum Gasteiger partial charge on any atom is 0.257 e. The second kappa shape index (κ2) is 7.59. The topological polar surface area (TPSA) is 82.6 Å². The zero-order chi connectivity index (χ0) is 18.8. The quantitative estimate of drug-likeness (QED) is 0.742. The van der Waals surface area contributed by atoms with E-state index < -0.39 is 0 Å². The Morgan fingerprint density at radius 3 is 2.96 bits per heavy atom. The Kier molecular flexibility index (Phi) is 5.02. The number of aromatic nitrogens is 2. The van der Waals surface area contributed by atoms with Gasteiger partial charge in [-0.15, -0.1) is 0 Å². The molecule has 1 saturated heterocycles. The molecule has 1 aromatic carbocycles. The summed E-state index contributed by atoms with van der Waals surface area (Å²) in [6.07, 6.45) is 3.11. The number of carbonyl (C=O) groups is 1. The number of hydrogen-bond acceptors (Lipinski definition) is 7. The van der Waals surface area contributed by atoms with Crippen LogP contribution >= 0.6 is 11.3 Å². The molecule has 0 saturated carbocycles. The van der Waals surface area contributed by atoms with Gasteiger partial charge in [-0.3, -0.25) is 15.1 Å². The fraction of sp³-hybridized carbons (Fsp3) is 0.316. The van der Waals surface area contributed by atoms with Gasteiger partial charge in [0.2, 0.25) is 0 Å². The molecule has 1 fully saturated rings. The van der Waals surface area contributed by atoms with Crippen LogP contribution in [0, 0.1) is 6.92 Å². The minimum Gasteiger partial charge on any atom is -0.494 e. The molecule has 4 rings (SSSR count). The highest BCUT2D eigenvalue weighted by Crippen LogP contribution is 2.39. The summed E-state index contributed by atoms with van der Waals surface area (Å²) >= 11 is 1.40. The number of nitrogens with zero attached hydrogens (tertiary/aromatic N) is 2. The largest absolute Gasteiger partial charge is 0.494 e. The lowest BCUT2D eigenvalue weighted by Crippen LogP contribution is -2.21. The van der Waals surface area contributed by atoms with Crippen molar-refractivity contribution in [3.63, 3.8) is 0 Å². The van der Waals surface area contributed by atoms with Gasteiger partial charge in [0.1, 0.15) is 17.4 Å². The summed E-state index contributed by atoms with van der Waals surface area (Å²) in [4.78, 5) is 21.2. The Labute approximate surface area is 160 Å². The first-order chi connectivity index (χ1) is 13.2. The fourth-order valence-electron chi connectivity index (χ4n) is 3.03. The van der Waals surface area contributed by atoms with E-state index in [1.165, 1.54) is 11.3 Å². The van der Waals surface area contributed by atoms with E-state index in [9.17, 15) is 4.79 Å². The normalized spacial score (nSPS) is 17.0. The van der Waals surface area contributed by atoms with Crippen LogP contribution in [-0.2, 0) is 9.47 Å². The molecule has 140 valence electrons. The average molecular weight is 385 g/mol. The van der Waals surface area contributed by atoms with Gasteiger partial charge in [-0.25, -0.2) is 4.98 Å². The molecule has 1 atom stereocenters. The van der Waals surface area contributed by atoms with Crippen molar-refractivity contribution in [2.75, 3.05) is 32.2 Å². The van der Waals surface area contributed by atoms with Gasteiger partial charge in [-0.1, -0.05) is 17.4 Å². The van der Waals surface area contributed by atoms with E-state index in [2.05, 4.69) is 15.3 Å². The molecule has 3 heterocycles. The molecule has 1 amide bonds. The van der Waals surface area contributed by atoms with Crippen LogP contribution in [0.1, 0.15) is 27.6 Å². The highest BCUT2D eigenvalue weighted by molar-refractivity contribution is 7.22. The third-order valence-electron chi connectivity index (χ3n) is 4.41. The number of rotatable bonds is 4. The SMILES string of the molecule is COc1ccc(C2COCCO2)c2sc(NC(=O)c3ccncc3C)nc12. The summed E-state index contributed by atoms with van der Waals surface area (Å²) < 4.78 is 17.7. The molecule has 3 aromatic rings. The van der Waals surface area contributed by atoms with E-state index in [-0.39, 0.29) is 12.0 Å². The molecule has 0 aliphatic carbocycles. The van der Waals surface area contributed by atoms with Gasteiger partial charge in [0, 0.05) is 23.5 Å². The predicted molar refractivity (Wildman–Crippen MR) is 103 cm³/mol. The molecule has 8 heteroatoms. The molecule has 7 nitrogen and oxygen atoms in total. The Hall–Kier alpha value is -2.55. The van der Waals surface area contributed by atoms with Crippen LogP contribution < -0.4 is 10.1 Å². The summed E-state index contributed by atoms with van der Waals surface area (Å²) in [5, 5.41) is 3.39. The molecule has 27 heavy (non-hydrogen) atoms. The minimum absolute atomic E-state index is 0.154. The van der Waals surface area contributed by atoms with E-state index >= 15 is 0 Å². The second-order valence-corrected chi connectivity index (χ2v) is 7.13. The van der Waals surface area contributed by atoms with Gasteiger partial charge in [0.25, 0.3) is 5.91 Å². The number of methoxy groups -OCH3 is 1. The summed E-state index contributed by atoms with van der Waals surface area (Å²) in [5.74, 6) is 0.439. The molecule has 2 aromatic heterocycles. The fourth-order valence-corrected chi connectivity index (χ4v) is 4.07. The van der Waals surface area contributed by atoms with Crippen LogP contribution in [0.15, 0.2) is 30.6 Å². The molecule has 0 spiro atoms. The Bertz CT molecular complexity index is 982. The molecule has 1 N–H and O–H groups in total. The summed E-state index contributed by atoms with van der Waals surface area (Å²) in [6, 6.07) is 5.53. The van der Waals surface area contributed by atoms with Gasteiger partial charge in [-0.05, 0) is 24.6 Å². The number of nitrogens with one attached hydrogen (secondary N) is 1. The van der Waals surface area contributed by atoms with E-state index in [1.807, 2.05) is 19.1 Å². The van der Waals surface area contributed by atoms with Crippen LogP contribution in [0.25, 0.3) is 10.2 Å². The lowest BCUT2D eigenvalue weighted by molar-refractivity contribution is -0.0895. The number of benzene rings is 1. The van der Waals surface area contributed by atoms with E-state index in [4.69, 9.17) is 14.2 Å². The molecule has 1 aliphatic rings. The van der Waals surface area contributed by atoms with Crippen molar-refractivity contribution in [2.24, 2.45) is 0 Å². The van der Waals surface area contributed by atoms with E-state index in [0.29, 0.717) is 41.8 Å². The minimum atomic E-state index is -0.216. The van der Waals surface area contributed by atoms with Crippen molar-refractivity contribution < 1.29 is 19.0 Å². The average Bonchev–Trinajstić information content (AvgIpc) is 3.11. The van der Waals surface area contributed by atoms with Crippen molar-refractivity contribution in [3.8, 4) is 5.75 Å². The van der Waals surface area contributed by atoms with Crippen molar-refractivity contribution in [1.82, 2.24) is 9.97 Å². The van der Waals surface area contributed by atoms with Crippen LogP contribution in [0.2, 0.25) is 0 Å². The first-order valence-electron chi connectivity index (χ1n) is 8.56. The number of pyridine rings is 1. The van der Waals surface area contributed by atoms with Crippen molar-refractivity contribution in [1.29, 1.82) is 0 Å². The third-order valence-corrected chi connectivity index (χ3v) is 5.42.